The van der Waals surface area contributed by atoms with Gasteiger partial charge >= 0.3 is 0 Å². The van der Waals surface area contributed by atoms with E-state index in [1.165, 1.54) is 50.4 Å². The Morgan fingerprint density at radius 1 is 0.972 bits per heavy atom. The molecule has 2 aromatic carbocycles. The lowest BCUT2D eigenvalue weighted by Crippen LogP contribution is -2.45. The maximum Gasteiger partial charge on any atom is 0.264 e. The van der Waals surface area contributed by atoms with Crippen molar-refractivity contribution in [3.63, 3.8) is 0 Å². The van der Waals surface area contributed by atoms with Gasteiger partial charge in [0, 0.05) is 43.5 Å². The van der Waals surface area contributed by atoms with Gasteiger partial charge in [-0.05, 0) is 47.5 Å². The molecule has 0 fully saturated rings. The van der Waals surface area contributed by atoms with E-state index < -0.39 is 39.5 Å². The number of rotatable bonds is 6. The summed E-state index contributed by atoms with van der Waals surface area (Å²) in [6, 6.07) is 11.2. The Labute approximate surface area is 207 Å². The van der Waals surface area contributed by atoms with E-state index in [1.807, 2.05) is 0 Å². The number of amides is 2. The van der Waals surface area contributed by atoms with Crippen molar-refractivity contribution in [2.75, 3.05) is 17.6 Å². The zero-order chi connectivity index (χ0) is 26.2. The summed E-state index contributed by atoms with van der Waals surface area (Å²) in [5.41, 5.74) is 7.51. The number of nitrogen functional groups attached to an aromatic ring is 1. The molecule has 2 aromatic rings. The van der Waals surface area contributed by atoms with Crippen LogP contribution in [0.2, 0.25) is 0 Å². The summed E-state index contributed by atoms with van der Waals surface area (Å²) in [6.07, 6.45) is 2.78. The third-order valence-electron chi connectivity index (χ3n) is 5.93. The van der Waals surface area contributed by atoms with Gasteiger partial charge in [0.1, 0.15) is 0 Å². The highest BCUT2D eigenvalue weighted by atomic mass is 32.2. The van der Waals surface area contributed by atoms with Gasteiger partial charge in [-0.25, -0.2) is 8.42 Å². The van der Waals surface area contributed by atoms with Crippen LogP contribution in [-0.2, 0) is 29.2 Å². The Balaban J connectivity index is 1.82. The molecule has 2 amide bonds. The molecule has 11 heteroatoms. The first-order valence-electron chi connectivity index (χ1n) is 11.0. The van der Waals surface area contributed by atoms with Gasteiger partial charge in [0.05, 0.1) is 16.9 Å². The summed E-state index contributed by atoms with van der Waals surface area (Å²) >= 11 is 0. The topological polar surface area (TPSA) is 156 Å². The van der Waals surface area contributed by atoms with E-state index in [0.717, 1.165) is 4.31 Å². The molecule has 4 rings (SSSR count). The minimum atomic E-state index is -4.14. The monoisotopic (exact) mass is 508 g/mol. The van der Waals surface area contributed by atoms with Gasteiger partial charge in [0.25, 0.3) is 10.0 Å². The van der Waals surface area contributed by atoms with E-state index in [-0.39, 0.29) is 22.9 Å². The largest absolute Gasteiger partial charge is 0.399 e. The van der Waals surface area contributed by atoms with Gasteiger partial charge in [-0.15, -0.1) is 0 Å². The van der Waals surface area contributed by atoms with Crippen molar-refractivity contribution in [2.45, 2.75) is 24.8 Å². The Bertz CT molecular complexity index is 1430. The maximum atomic E-state index is 13.6. The maximum absolute atomic E-state index is 13.6. The average molecular weight is 509 g/mol. The summed E-state index contributed by atoms with van der Waals surface area (Å²) in [7, 11) is -4.14. The molecule has 0 spiro atoms. The van der Waals surface area contributed by atoms with Crippen LogP contribution >= 0.6 is 0 Å². The second-order valence-corrected chi connectivity index (χ2v) is 10.4. The minimum absolute atomic E-state index is 0.0182. The highest BCUT2D eigenvalue weighted by molar-refractivity contribution is 7.89. The lowest BCUT2D eigenvalue weighted by Gasteiger charge is -2.30. The first-order chi connectivity index (χ1) is 17.0. The molecule has 36 heavy (non-hydrogen) atoms. The lowest BCUT2D eigenvalue weighted by atomic mass is 9.79. The number of Topliss-reactive ketones (excluding diaryl/α,β-unsaturated/α-hetero) is 2. The SMILES string of the molecule is CC(=O)NCC1=CC2C(C(=O)C1=O)C(c1ccc(NC(C)=O)cc1)=CN2S(=O)(=O)c1ccc(N)cc1. The summed E-state index contributed by atoms with van der Waals surface area (Å²) in [5.74, 6) is -3.27. The van der Waals surface area contributed by atoms with Crippen LogP contribution in [0.1, 0.15) is 19.4 Å². The fraction of sp³-hybridized carbons (Fsp3) is 0.200. The van der Waals surface area contributed by atoms with Gasteiger partial charge in [-0.2, -0.15) is 0 Å². The van der Waals surface area contributed by atoms with E-state index in [4.69, 9.17) is 5.73 Å². The number of sulfonamides is 1. The molecular weight excluding hydrogens is 484 g/mol. The number of carbonyl (C=O) groups excluding carboxylic acids is 4. The number of fused-ring (bicyclic) bond motifs is 1. The molecule has 0 bridgehead atoms. The molecule has 1 aliphatic heterocycles. The van der Waals surface area contributed by atoms with Gasteiger partial charge in [0.2, 0.25) is 23.4 Å². The molecule has 186 valence electrons. The van der Waals surface area contributed by atoms with Gasteiger partial charge in [-0.1, -0.05) is 18.2 Å². The molecule has 0 aromatic heterocycles. The molecular formula is C25H24N4O6S. The number of anilines is 2. The van der Waals surface area contributed by atoms with E-state index in [1.54, 1.807) is 24.3 Å². The van der Waals surface area contributed by atoms with Crippen LogP contribution in [0.25, 0.3) is 5.57 Å². The van der Waals surface area contributed by atoms with Crippen LogP contribution in [0.4, 0.5) is 11.4 Å². The van der Waals surface area contributed by atoms with Crippen molar-refractivity contribution in [1.82, 2.24) is 9.62 Å². The second kappa shape index (κ2) is 9.42. The molecule has 1 heterocycles. The van der Waals surface area contributed by atoms with Crippen molar-refractivity contribution in [3.8, 4) is 0 Å². The summed E-state index contributed by atoms with van der Waals surface area (Å²) in [6.45, 7) is 2.45. The zero-order valence-corrected chi connectivity index (χ0v) is 20.3. The molecule has 0 radical (unpaired) electrons. The lowest BCUT2D eigenvalue weighted by molar-refractivity contribution is -0.136. The quantitative estimate of drug-likeness (QED) is 0.394. The highest BCUT2D eigenvalue weighted by Gasteiger charge is 2.49. The first kappa shape index (κ1) is 24.9. The molecule has 4 N–H and O–H groups in total. The van der Waals surface area contributed by atoms with Crippen LogP contribution in [0.3, 0.4) is 0 Å². The predicted molar refractivity (Wildman–Crippen MR) is 133 cm³/mol. The number of nitrogens with two attached hydrogens (primary N) is 1. The van der Waals surface area contributed by atoms with Crippen molar-refractivity contribution < 1.29 is 27.6 Å². The van der Waals surface area contributed by atoms with Crippen molar-refractivity contribution in [1.29, 1.82) is 0 Å². The molecule has 2 unspecified atom stereocenters. The normalized spacial score (nSPS) is 19.3. The van der Waals surface area contributed by atoms with E-state index >= 15 is 0 Å². The van der Waals surface area contributed by atoms with Crippen molar-refractivity contribution in [3.05, 3.63) is 71.9 Å². The second-order valence-electron chi connectivity index (χ2n) is 8.51. The van der Waals surface area contributed by atoms with Gasteiger partial charge in [-0.3, -0.25) is 23.5 Å². The molecule has 0 saturated carbocycles. The summed E-state index contributed by atoms with van der Waals surface area (Å²) < 4.78 is 28.3. The average Bonchev–Trinajstić information content (AvgIpc) is 3.21. The molecule has 1 aliphatic carbocycles. The van der Waals surface area contributed by atoms with Crippen LogP contribution < -0.4 is 16.4 Å². The Hall–Kier alpha value is -4.25. The van der Waals surface area contributed by atoms with E-state index in [0.29, 0.717) is 22.5 Å². The first-order valence-corrected chi connectivity index (χ1v) is 12.5. The van der Waals surface area contributed by atoms with E-state index in [9.17, 15) is 27.6 Å². The third kappa shape index (κ3) is 4.65. The van der Waals surface area contributed by atoms with Crippen LogP contribution in [0, 0.1) is 5.92 Å². The van der Waals surface area contributed by atoms with Crippen molar-refractivity contribution in [2.24, 2.45) is 5.92 Å². The van der Waals surface area contributed by atoms with Crippen molar-refractivity contribution >= 4 is 50.4 Å². The third-order valence-corrected chi connectivity index (χ3v) is 7.70. The minimum Gasteiger partial charge on any atom is -0.399 e. The zero-order valence-electron chi connectivity index (χ0n) is 19.5. The highest BCUT2D eigenvalue weighted by Crippen LogP contribution is 2.42. The number of nitrogens with one attached hydrogen (secondary N) is 2. The van der Waals surface area contributed by atoms with E-state index in [2.05, 4.69) is 10.6 Å². The van der Waals surface area contributed by atoms with Crippen LogP contribution in [-0.4, -0.2) is 48.7 Å². The smallest absolute Gasteiger partial charge is 0.264 e. The molecule has 2 aliphatic rings. The number of ketones is 2. The number of hydrogen-bond donors (Lipinski definition) is 3. The Morgan fingerprint density at radius 2 is 1.61 bits per heavy atom. The summed E-state index contributed by atoms with van der Waals surface area (Å²) in [4.78, 5) is 48.8. The standard InChI is InChI=1S/C25H24N4O6S/c1-14(30)27-12-17-11-22-23(25(33)24(17)32)21(16-3-7-19(8-4-16)28-15(2)31)13-29(22)36(34,35)20-9-5-18(26)6-10-20/h3-11,13,22-23H,12,26H2,1-2H3,(H,27,30)(H,28,31). The predicted octanol–water partition coefficient (Wildman–Crippen LogP) is 1.47. The number of carbonyl (C=O) groups is 4. The van der Waals surface area contributed by atoms with Gasteiger partial charge < -0.3 is 16.4 Å². The van der Waals surface area contributed by atoms with Gasteiger partial charge in [0.15, 0.2) is 0 Å². The molecule has 0 saturated heterocycles. The summed E-state index contributed by atoms with van der Waals surface area (Å²) in [5, 5.41) is 5.13. The molecule has 2 atom stereocenters. The number of hydrogen-bond acceptors (Lipinski definition) is 7. The fourth-order valence-corrected chi connectivity index (χ4v) is 5.71. The fourth-order valence-electron chi connectivity index (χ4n) is 4.24. The van der Waals surface area contributed by atoms with Crippen LogP contribution in [0.15, 0.2) is 71.3 Å². The Kier molecular flexibility index (Phi) is 6.51. The van der Waals surface area contributed by atoms with Crippen LogP contribution in [0.5, 0.6) is 0 Å². The molecule has 10 nitrogen and oxygen atoms in total. The Morgan fingerprint density at radius 3 is 2.19 bits per heavy atom. The number of benzene rings is 2. The number of nitrogens with zero attached hydrogens (tertiary/aromatic N) is 1.